The van der Waals surface area contributed by atoms with Gasteiger partial charge in [0.2, 0.25) is 0 Å². The third kappa shape index (κ3) is 6.02. The van der Waals surface area contributed by atoms with Gasteiger partial charge in [0.25, 0.3) is 0 Å². The van der Waals surface area contributed by atoms with E-state index in [9.17, 15) is 9.18 Å². The largest absolute Gasteiger partial charge is 0.443 e. The molecule has 0 atom stereocenters. The summed E-state index contributed by atoms with van der Waals surface area (Å²) in [6, 6.07) is 10.0. The van der Waals surface area contributed by atoms with Crippen molar-refractivity contribution < 1.29 is 13.9 Å². The molecule has 0 saturated carbocycles. The van der Waals surface area contributed by atoms with Gasteiger partial charge in [0.1, 0.15) is 17.2 Å². The van der Waals surface area contributed by atoms with Crippen molar-refractivity contribution in [3.63, 3.8) is 0 Å². The third-order valence-corrected chi connectivity index (χ3v) is 4.31. The maximum atomic E-state index is 13.3. The summed E-state index contributed by atoms with van der Waals surface area (Å²) in [5, 5.41) is 0. The van der Waals surface area contributed by atoms with Crippen LogP contribution in [0.4, 0.5) is 15.0 Å². The molecule has 2 rings (SSSR count). The lowest BCUT2D eigenvalue weighted by Gasteiger charge is -2.34. The summed E-state index contributed by atoms with van der Waals surface area (Å²) in [5.41, 5.74) is 6.45. The van der Waals surface area contributed by atoms with Gasteiger partial charge in [-0.2, -0.15) is 0 Å². The normalized spacial score (nSPS) is 12.0. The van der Waals surface area contributed by atoms with Gasteiger partial charge in [0.05, 0.1) is 0 Å². The van der Waals surface area contributed by atoms with Gasteiger partial charge >= 0.3 is 6.09 Å². The molecular formula is C22H30FN3O2. The van der Waals surface area contributed by atoms with Gasteiger partial charge < -0.3 is 10.5 Å². The Kier molecular flexibility index (Phi) is 6.77. The number of aromatic nitrogens is 1. The van der Waals surface area contributed by atoms with Gasteiger partial charge in [0, 0.05) is 18.2 Å². The van der Waals surface area contributed by atoms with E-state index >= 15 is 0 Å². The highest BCUT2D eigenvalue weighted by molar-refractivity contribution is 5.87. The van der Waals surface area contributed by atoms with Crippen LogP contribution in [-0.4, -0.2) is 29.8 Å². The SMILES string of the molecule is CC(C)(C)OC(=O)N(CC(C)(C)c1ccc(F)cc1)c1ccc(CCN)cn1. The maximum Gasteiger partial charge on any atom is 0.416 e. The van der Waals surface area contributed by atoms with Gasteiger partial charge in [-0.1, -0.05) is 32.0 Å². The van der Waals surface area contributed by atoms with Crippen LogP contribution in [0.1, 0.15) is 45.7 Å². The number of amides is 1. The molecule has 6 heteroatoms. The van der Waals surface area contributed by atoms with Crippen LogP contribution in [0.15, 0.2) is 42.6 Å². The molecule has 0 spiro atoms. The van der Waals surface area contributed by atoms with Gasteiger partial charge in [-0.05, 0) is 63.1 Å². The second-order valence-electron chi connectivity index (χ2n) is 8.52. The summed E-state index contributed by atoms with van der Waals surface area (Å²) in [6.07, 6.45) is 1.98. The first-order chi connectivity index (χ1) is 13.0. The van der Waals surface area contributed by atoms with Crippen molar-refractivity contribution in [2.45, 2.75) is 52.1 Å². The Bertz CT molecular complexity index is 781. The van der Waals surface area contributed by atoms with E-state index in [1.54, 1.807) is 24.4 Å². The maximum absolute atomic E-state index is 13.3. The van der Waals surface area contributed by atoms with E-state index in [1.807, 2.05) is 40.7 Å². The standard InChI is InChI=1S/C22H30FN3O2/c1-21(2,3)28-20(27)26(19-11-6-16(12-13-24)14-25-19)15-22(4,5)17-7-9-18(23)10-8-17/h6-11,14H,12-13,15,24H2,1-5H3. The van der Waals surface area contributed by atoms with Crippen molar-refractivity contribution >= 4 is 11.9 Å². The number of pyridine rings is 1. The number of nitrogens with two attached hydrogens (primary N) is 1. The number of hydrogen-bond acceptors (Lipinski definition) is 4. The average Bonchev–Trinajstić information content (AvgIpc) is 2.60. The molecule has 0 aliphatic rings. The van der Waals surface area contributed by atoms with Crippen LogP contribution >= 0.6 is 0 Å². The van der Waals surface area contributed by atoms with E-state index in [2.05, 4.69) is 4.98 Å². The van der Waals surface area contributed by atoms with Crippen LogP contribution in [0.3, 0.4) is 0 Å². The van der Waals surface area contributed by atoms with Crippen LogP contribution in [0.25, 0.3) is 0 Å². The summed E-state index contributed by atoms with van der Waals surface area (Å²) < 4.78 is 18.9. The Morgan fingerprint density at radius 1 is 1.11 bits per heavy atom. The van der Waals surface area contributed by atoms with Crippen LogP contribution in [-0.2, 0) is 16.6 Å². The zero-order valence-electron chi connectivity index (χ0n) is 17.3. The highest BCUT2D eigenvalue weighted by atomic mass is 19.1. The molecule has 0 radical (unpaired) electrons. The van der Waals surface area contributed by atoms with Crippen LogP contribution in [0.2, 0.25) is 0 Å². The van der Waals surface area contributed by atoms with E-state index in [0.717, 1.165) is 17.5 Å². The summed E-state index contributed by atoms with van der Waals surface area (Å²) in [6.45, 7) is 10.3. The molecular weight excluding hydrogens is 357 g/mol. The fraction of sp³-hybridized carbons (Fsp3) is 0.455. The van der Waals surface area contributed by atoms with Crippen molar-refractivity contribution in [1.29, 1.82) is 0 Å². The van der Waals surface area contributed by atoms with Crippen molar-refractivity contribution in [3.05, 3.63) is 59.5 Å². The molecule has 2 aromatic rings. The monoisotopic (exact) mass is 387 g/mol. The molecule has 0 unspecified atom stereocenters. The highest BCUT2D eigenvalue weighted by Crippen LogP contribution is 2.28. The Labute approximate surface area is 166 Å². The Morgan fingerprint density at radius 3 is 2.25 bits per heavy atom. The quantitative estimate of drug-likeness (QED) is 0.795. The molecule has 1 aromatic carbocycles. The van der Waals surface area contributed by atoms with Crippen LogP contribution in [0.5, 0.6) is 0 Å². The van der Waals surface area contributed by atoms with Crippen molar-refractivity contribution in [1.82, 2.24) is 4.98 Å². The number of halogens is 1. The van der Waals surface area contributed by atoms with Crippen molar-refractivity contribution in [2.75, 3.05) is 18.0 Å². The molecule has 28 heavy (non-hydrogen) atoms. The van der Waals surface area contributed by atoms with Gasteiger partial charge in [-0.15, -0.1) is 0 Å². The number of carbonyl (C=O) groups is 1. The topological polar surface area (TPSA) is 68.5 Å². The molecule has 0 saturated heterocycles. The van der Waals surface area contributed by atoms with Crippen LogP contribution < -0.4 is 10.6 Å². The number of anilines is 1. The molecule has 0 aliphatic carbocycles. The number of benzene rings is 1. The highest BCUT2D eigenvalue weighted by Gasteiger charge is 2.31. The van der Waals surface area contributed by atoms with Gasteiger partial charge in [-0.25, -0.2) is 14.2 Å². The minimum atomic E-state index is -0.630. The van der Waals surface area contributed by atoms with Crippen molar-refractivity contribution in [3.8, 4) is 0 Å². The molecule has 1 heterocycles. The molecule has 152 valence electrons. The number of carbonyl (C=O) groups excluding carboxylic acids is 1. The lowest BCUT2D eigenvalue weighted by molar-refractivity contribution is 0.0572. The van der Waals surface area contributed by atoms with E-state index in [0.29, 0.717) is 18.9 Å². The minimum absolute atomic E-state index is 0.291. The second kappa shape index (κ2) is 8.69. The first kappa shape index (κ1) is 21.8. The lowest BCUT2D eigenvalue weighted by Crippen LogP contribution is -2.44. The van der Waals surface area contributed by atoms with E-state index in [4.69, 9.17) is 10.5 Å². The summed E-state index contributed by atoms with van der Waals surface area (Å²) in [4.78, 5) is 18.9. The first-order valence-corrected chi connectivity index (χ1v) is 9.43. The molecule has 2 N–H and O–H groups in total. The second-order valence-corrected chi connectivity index (χ2v) is 8.52. The number of nitrogens with zero attached hydrogens (tertiary/aromatic N) is 2. The zero-order valence-corrected chi connectivity index (χ0v) is 17.3. The zero-order chi connectivity index (χ0) is 20.9. The average molecular weight is 387 g/mol. The fourth-order valence-electron chi connectivity index (χ4n) is 2.83. The molecule has 1 aromatic heterocycles. The molecule has 5 nitrogen and oxygen atoms in total. The lowest BCUT2D eigenvalue weighted by atomic mass is 9.84. The Balaban J connectivity index is 2.34. The Hall–Kier alpha value is -2.47. The number of ether oxygens (including phenoxy) is 1. The molecule has 0 aliphatic heterocycles. The predicted octanol–water partition coefficient (Wildman–Crippen LogP) is 4.44. The Morgan fingerprint density at radius 2 is 1.75 bits per heavy atom. The smallest absolute Gasteiger partial charge is 0.416 e. The predicted molar refractivity (Wildman–Crippen MR) is 110 cm³/mol. The van der Waals surface area contributed by atoms with E-state index in [1.165, 1.54) is 17.0 Å². The third-order valence-electron chi connectivity index (χ3n) is 4.31. The van der Waals surface area contributed by atoms with E-state index in [-0.39, 0.29) is 5.82 Å². The first-order valence-electron chi connectivity index (χ1n) is 9.43. The number of rotatable bonds is 6. The van der Waals surface area contributed by atoms with Gasteiger partial charge in [-0.3, -0.25) is 4.90 Å². The van der Waals surface area contributed by atoms with Crippen molar-refractivity contribution in [2.24, 2.45) is 5.73 Å². The van der Waals surface area contributed by atoms with E-state index < -0.39 is 17.1 Å². The molecule has 1 amide bonds. The molecule has 0 bridgehead atoms. The summed E-state index contributed by atoms with van der Waals surface area (Å²) >= 11 is 0. The fourth-order valence-corrected chi connectivity index (χ4v) is 2.83. The molecule has 0 fully saturated rings. The van der Waals surface area contributed by atoms with Crippen LogP contribution in [0, 0.1) is 5.82 Å². The number of hydrogen-bond donors (Lipinski definition) is 1. The minimum Gasteiger partial charge on any atom is -0.443 e. The summed E-state index contributed by atoms with van der Waals surface area (Å²) in [7, 11) is 0. The summed E-state index contributed by atoms with van der Waals surface area (Å²) in [5.74, 6) is 0.214. The van der Waals surface area contributed by atoms with Gasteiger partial charge in [0.15, 0.2) is 0 Å².